The van der Waals surface area contributed by atoms with Crippen LogP contribution in [0.1, 0.15) is 5.56 Å². The van der Waals surface area contributed by atoms with E-state index in [9.17, 15) is 0 Å². The van der Waals surface area contributed by atoms with Gasteiger partial charge < -0.3 is 15.4 Å². The van der Waals surface area contributed by atoms with Gasteiger partial charge in [0.15, 0.2) is 0 Å². The summed E-state index contributed by atoms with van der Waals surface area (Å²) in [7, 11) is 4.06. The summed E-state index contributed by atoms with van der Waals surface area (Å²) >= 11 is 1.72. The second kappa shape index (κ2) is 6.68. The molecule has 0 aliphatic heterocycles. The van der Waals surface area contributed by atoms with Crippen molar-refractivity contribution in [2.45, 2.75) is 11.4 Å². The van der Waals surface area contributed by atoms with Crippen LogP contribution < -0.4 is 10.5 Å². The van der Waals surface area contributed by atoms with Crippen molar-refractivity contribution >= 4 is 17.4 Å². The Labute approximate surface area is 124 Å². The third-order valence-corrected chi connectivity index (χ3v) is 3.60. The minimum absolute atomic E-state index is 0.756. The molecule has 2 rings (SSSR count). The average Bonchev–Trinajstić information content (AvgIpc) is 2.42. The molecule has 20 heavy (non-hydrogen) atoms. The lowest BCUT2D eigenvalue weighted by molar-refractivity contribution is 0.388. The van der Waals surface area contributed by atoms with Gasteiger partial charge in [-0.2, -0.15) is 0 Å². The molecule has 3 nitrogen and oxygen atoms in total. The number of ether oxygens (including phenoxy) is 1. The summed E-state index contributed by atoms with van der Waals surface area (Å²) in [5.74, 6) is 1.69. The predicted octanol–water partition coefficient (Wildman–Crippen LogP) is 3.84. The molecular formula is C16H20N2OS. The smallest absolute Gasteiger partial charge is 0.132 e. The molecule has 106 valence electrons. The third-order valence-electron chi connectivity index (χ3n) is 2.86. The molecule has 0 fully saturated rings. The highest BCUT2D eigenvalue weighted by Crippen LogP contribution is 2.29. The standard InChI is InChI=1S/C16H20N2OS/c1-18(2)11-12-10-13(17)4-9-16(12)19-14-5-7-15(20-3)8-6-14/h4-10H,11,17H2,1-3H3. The van der Waals surface area contributed by atoms with E-state index in [4.69, 9.17) is 10.5 Å². The predicted molar refractivity (Wildman–Crippen MR) is 86.5 cm³/mol. The fourth-order valence-corrected chi connectivity index (χ4v) is 2.34. The highest BCUT2D eigenvalue weighted by atomic mass is 32.2. The summed E-state index contributed by atoms with van der Waals surface area (Å²) in [6.07, 6.45) is 2.06. The summed E-state index contributed by atoms with van der Waals surface area (Å²) in [6, 6.07) is 13.8. The highest BCUT2D eigenvalue weighted by Gasteiger charge is 2.07. The van der Waals surface area contributed by atoms with Gasteiger partial charge in [0.2, 0.25) is 0 Å². The van der Waals surface area contributed by atoms with Crippen LogP contribution in [0.4, 0.5) is 5.69 Å². The summed E-state index contributed by atoms with van der Waals surface area (Å²) in [4.78, 5) is 3.32. The second-order valence-electron chi connectivity index (χ2n) is 4.88. The number of hydrogen-bond acceptors (Lipinski definition) is 4. The lowest BCUT2D eigenvalue weighted by atomic mass is 10.1. The van der Waals surface area contributed by atoms with Crippen molar-refractivity contribution in [2.75, 3.05) is 26.1 Å². The van der Waals surface area contributed by atoms with Crippen molar-refractivity contribution in [3.8, 4) is 11.5 Å². The van der Waals surface area contributed by atoms with E-state index in [2.05, 4.69) is 23.3 Å². The number of thioether (sulfide) groups is 1. The Morgan fingerprint density at radius 1 is 1.10 bits per heavy atom. The first-order valence-corrected chi connectivity index (χ1v) is 7.66. The highest BCUT2D eigenvalue weighted by molar-refractivity contribution is 7.98. The van der Waals surface area contributed by atoms with E-state index < -0.39 is 0 Å². The van der Waals surface area contributed by atoms with Crippen LogP contribution in [0.15, 0.2) is 47.4 Å². The zero-order chi connectivity index (χ0) is 14.5. The van der Waals surface area contributed by atoms with Crippen LogP contribution in [0.2, 0.25) is 0 Å². The van der Waals surface area contributed by atoms with E-state index in [0.29, 0.717) is 0 Å². The molecule has 0 saturated heterocycles. The number of hydrogen-bond donors (Lipinski definition) is 1. The number of nitrogen functional groups attached to an aromatic ring is 1. The van der Waals surface area contributed by atoms with Crippen molar-refractivity contribution in [2.24, 2.45) is 0 Å². The molecule has 0 aliphatic carbocycles. The number of nitrogens with two attached hydrogens (primary N) is 1. The van der Waals surface area contributed by atoms with E-state index in [1.165, 1.54) is 4.90 Å². The van der Waals surface area contributed by atoms with Crippen LogP contribution >= 0.6 is 11.8 Å². The maximum Gasteiger partial charge on any atom is 0.132 e. The first-order chi connectivity index (χ1) is 9.58. The molecule has 0 aliphatic rings. The Bertz CT molecular complexity index is 567. The van der Waals surface area contributed by atoms with Crippen LogP contribution in [0.5, 0.6) is 11.5 Å². The van der Waals surface area contributed by atoms with Crippen LogP contribution in [-0.4, -0.2) is 25.3 Å². The second-order valence-corrected chi connectivity index (χ2v) is 5.76. The molecule has 0 saturated carbocycles. The van der Waals surface area contributed by atoms with Crippen molar-refractivity contribution in [3.63, 3.8) is 0 Å². The van der Waals surface area contributed by atoms with E-state index >= 15 is 0 Å². The summed E-state index contributed by atoms with van der Waals surface area (Å²) in [6.45, 7) is 0.795. The van der Waals surface area contributed by atoms with Gasteiger partial charge in [0, 0.05) is 22.7 Å². The first-order valence-electron chi connectivity index (χ1n) is 6.43. The van der Waals surface area contributed by atoms with Crippen LogP contribution in [0, 0.1) is 0 Å². The van der Waals surface area contributed by atoms with Crippen LogP contribution in [0.3, 0.4) is 0 Å². The number of benzene rings is 2. The zero-order valence-electron chi connectivity index (χ0n) is 12.1. The number of anilines is 1. The van der Waals surface area contributed by atoms with Gasteiger partial charge in [0.25, 0.3) is 0 Å². The Morgan fingerprint density at radius 2 is 1.80 bits per heavy atom. The fourth-order valence-electron chi connectivity index (χ4n) is 1.93. The normalized spacial score (nSPS) is 10.8. The largest absolute Gasteiger partial charge is 0.457 e. The van der Waals surface area contributed by atoms with Crippen molar-refractivity contribution < 1.29 is 4.74 Å². The van der Waals surface area contributed by atoms with E-state index in [-0.39, 0.29) is 0 Å². The molecule has 0 atom stereocenters. The Morgan fingerprint density at radius 3 is 2.40 bits per heavy atom. The van der Waals surface area contributed by atoms with Gasteiger partial charge in [0.05, 0.1) is 0 Å². The minimum Gasteiger partial charge on any atom is -0.457 e. The van der Waals surface area contributed by atoms with Crippen molar-refractivity contribution in [1.29, 1.82) is 0 Å². The maximum absolute atomic E-state index is 5.97. The van der Waals surface area contributed by atoms with Crippen LogP contribution in [-0.2, 0) is 6.54 Å². The summed E-state index contributed by atoms with van der Waals surface area (Å²) in [5, 5.41) is 0. The molecule has 2 aromatic rings. The number of nitrogens with zero attached hydrogens (tertiary/aromatic N) is 1. The van der Waals surface area contributed by atoms with Gasteiger partial charge in [-0.3, -0.25) is 0 Å². The lowest BCUT2D eigenvalue weighted by Crippen LogP contribution is -2.11. The monoisotopic (exact) mass is 288 g/mol. The first kappa shape index (κ1) is 14.8. The molecule has 0 amide bonds. The van der Waals surface area contributed by atoms with E-state index in [0.717, 1.165) is 29.3 Å². The third kappa shape index (κ3) is 3.92. The quantitative estimate of drug-likeness (QED) is 0.670. The molecule has 0 bridgehead atoms. The van der Waals surface area contributed by atoms with Gasteiger partial charge in [-0.1, -0.05) is 0 Å². The SMILES string of the molecule is CSc1ccc(Oc2ccc(N)cc2CN(C)C)cc1. The molecule has 0 spiro atoms. The Kier molecular flexibility index (Phi) is 4.93. The zero-order valence-corrected chi connectivity index (χ0v) is 12.9. The molecule has 2 N–H and O–H groups in total. The maximum atomic E-state index is 5.97. The minimum atomic E-state index is 0.756. The topological polar surface area (TPSA) is 38.5 Å². The molecule has 0 aromatic heterocycles. The van der Waals surface area contributed by atoms with Crippen molar-refractivity contribution in [1.82, 2.24) is 4.90 Å². The van der Waals surface area contributed by atoms with Gasteiger partial charge in [0.1, 0.15) is 11.5 Å². The van der Waals surface area contributed by atoms with Gasteiger partial charge >= 0.3 is 0 Å². The summed E-state index contributed by atoms with van der Waals surface area (Å²) < 4.78 is 5.97. The molecule has 0 unspecified atom stereocenters. The Hall–Kier alpha value is -1.65. The molecule has 0 radical (unpaired) electrons. The van der Waals surface area contributed by atoms with Gasteiger partial charge in [-0.25, -0.2) is 0 Å². The molecule has 2 aromatic carbocycles. The fraction of sp³-hybridized carbons (Fsp3) is 0.250. The van der Waals surface area contributed by atoms with E-state index in [1.54, 1.807) is 11.8 Å². The average molecular weight is 288 g/mol. The molecular weight excluding hydrogens is 268 g/mol. The molecule has 4 heteroatoms. The van der Waals surface area contributed by atoms with Gasteiger partial charge in [-0.15, -0.1) is 11.8 Å². The van der Waals surface area contributed by atoms with Crippen molar-refractivity contribution in [3.05, 3.63) is 48.0 Å². The van der Waals surface area contributed by atoms with Crippen LogP contribution in [0.25, 0.3) is 0 Å². The van der Waals surface area contributed by atoms with Gasteiger partial charge in [-0.05, 0) is 62.8 Å². The molecule has 0 heterocycles. The summed E-state index contributed by atoms with van der Waals surface area (Å²) in [5.41, 5.74) is 7.70. The van der Waals surface area contributed by atoms with E-state index in [1.807, 2.05) is 44.4 Å². The number of rotatable bonds is 5. The Balaban J connectivity index is 2.22. The lowest BCUT2D eigenvalue weighted by Gasteiger charge is -2.15.